The van der Waals surface area contributed by atoms with Crippen LogP contribution in [0.5, 0.6) is 11.5 Å². The molecule has 0 saturated heterocycles. The Morgan fingerprint density at radius 3 is 2.09 bits per heavy atom. The molecule has 0 aliphatic heterocycles. The standard InChI is InChI=1S/C32H40FN3O8/c1-10-41-25-16-20(11-12-24(25)42-18(2)3)26(28(37)38)35-23-15-19-13-14-34-27(21(19)17-22(23)33)36(29(39)43-31(4,5)6)30(40)44-32(7,8)9/h11-18,26,35H,10H2,1-9H3,(H,37,38). The summed E-state index contributed by atoms with van der Waals surface area (Å²) in [5.74, 6) is -1.53. The number of carboxylic acid groups (broad SMARTS) is 1. The number of hydrogen-bond acceptors (Lipinski definition) is 9. The van der Waals surface area contributed by atoms with Gasteiger partial charge in [0.25, 0.3) is 0 Å². The summed E-state index contributed by atoms with van der Waals surface area (Å²) in [6.07, 6.45) is -0.927. The summed E-state index contributed by atoms with van der Waals surface area (Å²) in [5, 5.41) is 13.3. The molecule has 3 rings (SSSR count). The number of carbonyl (C=O) groups excluding carboxylic acids is 2. The minimum Gasteiger partial charge on any atom is -0.490 e. The number of halogens is 1. The van der Waals surface area contributed by atoms with Crippen molar-refractivity contribution in [2.45, 2.75) is 85.7 Å². The van der Waals surface area contributed by atoms with Crippen molar-refractivity contribution >= 4 is 40.4 Å². The van der Waals surface area contributed by atoms with Crippen LogP contribution in [0.1, 0.15) is 73.9 Å². The van der Waals surface area contributed by atoms with Crippen LogP contribution in [0, 0.1) is 5.82 Å². The molecule has 1 aromatic heterocycles. The van der Waals surface area contributed by atoms with Crippen molar-refractivity contribution in [3.8, 4) is 11.5 Å². The number of rotatable bonds is 9. The van der Waals surface area contributed by atoms with Crippen LogP contribution in [0.2, 0.25) is 0 Å². The molecule has 2 aromatic carbocycles. The molecule has 1 heterocycles. The molecule has 0 spiro atoms. The number of carbonyl (C=O) groups is 3. The fraction of sp³-hybridized carbons (Fsp3) is 0.438. The van der Waals surface area contributed by atoms with E-state index in [1.807, 2.05) is 13.8 Å². The van der Waals surface area contributed by atoms with E-state index >= 15 is 4.39 Å². The normalized spacial score (nSPS) is 12.4. The van der Waals surface area contributed by atoms with E-state index in [-0.39, 0.29) is 23.0 Å². The summed E-state index contributed by atoms with van der Waals surface area (Å²) >= 11 is 0. The van der Waals surface area contributed by atoms with Gasteiger partial charge in [0.15, 0.2) is 23.4 Å². The quantitative estimate of drug-likeness (QED) is 0.250. The second-order valence-corrected chi connectivity index (χ2v) is 12.2. The molecule has 0 bridgehead atoms. The van der Waals surface area contributed by atoms with Gasteiger partial charge < -0.3 is 29.4 Å². The van der Waals surface area contributed by atoms with Crippen LogP contribution >= 0.6 is 0 Å². The summed E-state index contributed by atoms with van der Waals surface area (Å²) in [4.78, 5) is 43.5. The van der Waals surface area contributed by atoms with E-state index in [2.05, 4.69) is 10.3 Å². The zero-order valence-corrected chi connectivity index (χ0v) is 26.5. The number of aliphatic carboxylic acids is 1. The van der Waals surface area contributed by atoms with Gasteiger partial charge in [0.1, 0.15) is 17.0 Å². The number of pyridine rings is 1. The average Bonchev–Trinajstić information content (AvgIpc) is 2.86. The Morgan fingerprint density at radius 2 is 1.57 bits per heavy atom. The predicted molar refractivity (Wildman–Crippen MR) is 164 cm³/mol. The number of fused-ring (bicyclic) bond motifs is 1. The number of hydrogen-bond donors (Lipinski definition) is 2. The van der Waals surface area contributed by atoms with Crippen LogP contribution in [0.3, 0.4) is 0 Å². The highest BCUT2D eigenvalue weighted by Gasteiger charge is 2.35. The number of anilines is 2. The average molecular weight is 614 g/mol. The minimum atomic E-state index is -1.37. The first-order valence-corrected chi connectivity index (χ1v) is 14.2. The molecule has 1 unspecified atom stereocenters. The van der Waals surface area contributed by atoms with E-state index in [0.29, 0.717) is 34.0 Å². The molecule has 44 heavy (non-hydrogen) atoms. The van der Waals surface area contributed by atoms with Crippen LogP contribution in [0.25, 0.3) is 10.8 Å². The first-order chi connectivity index (χ1) is 20.4. The summed E-state index contributed by atoms with van der Waals surface area (Å²) in [5.41, 5.74) is -1.76. The van der Waals surface area contributed by atoms with Crippen LogP contribution in [-0.4, -0.2) is 52.2 Å². The van der Waals surface area contributed by atoms with Crippen LogP contribution < -0.4 is 19.7 Å². The molecule has 0 radical (unpaired) electrons. The molecule has 1 atom stereocenters. The van der Waals surface area contributed by atoms with Crippen LogP contribution in [0.15, 0.2) is 42.6 Å². The van der Waals surface area contributed by atoms with Crippen molar-refractivity contribution in [1.29, 1.82) is 0 Å². The summed E-state index contributed by atoms with van der Waals surface area (Å²) in [6.45, 7) is 15.6. The Bertz CT molecular complexity index is 1500. The molecule has 0 saturated carbocycles. The molecule has 0 fully saturated rings. The highest BCUT2D eigenvalue weighted by molar-refractivity contribution is 6.14. The topological polar surface area (TPSA) is 137 Å². The lowest BCUT2D eigenvalue weighted by Gasteiger charge is -2.28. The number of ether oxygens (including phenoxy) is 4. The largest absolute Gasteiger partial charge is 0.490 e. The maximum atomic E-state index is 15.7. The van der Waals surface area contributed by atoms with Crippen molar-refractivity contribution in [3.05, 3.63) is 54.0 Å². The number of benzene rings is 2. The Labute approximate surface area is 256 Å². The van der Waals surface area contributed by atoms with Gasteiger partial charge in [-0.2, -0.15) is 4.90 Å². The van der Waals surface area contributed by atoms with E-state index in [1.165, 1.54) is 24.4 Å². The fourth-order valence-corrected chi connectivity index (χ4v) is 4.10. The lowest BCUT2D eigenvalue weighted by atomic mass is 10.0. The number of imide groups is 1. The third-order valence-corrected chi connectivity index (χ3v) is 5.71. The number of carboxylic acids is 1. The third kappa shape index (κ3) is 8.71. The second kappa shape index (κ2) is 13.4. The lowest BCUT2D eigenvalue weighted by Crippen LogP contribution is -2.44. The molecule has 2 amide bonds. The maximum Gasteiger partial charge on any atom is 0.425 e. The molecule has 2 N–H and O–H groups in total. The van der Waals surface area contributed by atoms with Crippen molar-refractivity contribution < 1.29 is 42.8 Å². The third-order valence-electron chi connectivity index (χ3n) is 5.71. The first kappa shape index (κ1) is 33.9. The SMILES string of the molecule is CCOc1cc(C(Nc2cc3ccnc(N(C(=O)OC(C)(C)C)C(=O)OC(C)(C)C)c3cc2F)C(=O)O)ccc1OC(C)C. The van der Waals surface area contributed by atoms with E-state index in [9.17, 15) is 19.5 Å². The summed E-state index contributed by atoms with van der Waals surface area (Å²) in [7, 11) is 0. The zero-order chi connectivity index (χ0) is 33.0. The van der Waals surface area contributed by atoms with E-state index in [0.717, 1.165) is 6.07 Å². The Hall–Kier alpha value is -4.61. The van der Waals surface area contributed by atoms with Crippen molar-refractivity contribution in [3.63, 3.8) is 0 Å². The summed E-state index contributed by atoms with van der Waals surface area (Å²) < 4.78 is 38.0. The minimum absolute atomic E-state index is 0.0907. The number of aromatic nitrogens is 1. The molecular formula is C32H40FN3O8. The van der Waals surface area contributed by atoms with Crippen LogP contribution in [0.4, 0.5) is 25.5 Å². The molecule has 0 aliphatic rings. The zero-order valence-electron chi connectivity index (χ0n) is 26.5. The molecule has 12 heteroatoms. The van der Waals surface area contributed by atoms with Gasteiger partial charge in [0.05, 0.1) is 18.4 Å². The second-order valence-electron chi connectivity index (χ2n) is 12.2. The van der Waals surface area contributed by atoms with Gasteiger partial charge in [-0.25, -0.2) is 23.8 Å². The number of nitrogens with zero attached hydrogens (tertiary/aromatic N) is 2. The first-order valence-electron chi connectivity index (χ1n) is 14.2. The van der Waals surface area contributed by atoms with Crippen molar-refractivity contribution in [2.24, 2.45) is 0 Å². The number of nitrogens with one attached hydrogen (secondary N) is 1. The van der Waals surface area contributed by atoms with E-state index in [1.54, 1.807) is 60.6 Å². The van der Waals surface area contributed by atoms with Gasteiger partial charge >= 0.3 is 18.2 Å². The predicted octanol–water partition coefficient (Wildman–Crippen LogP) is 7.47. The maximum absolute atomic E-state index is 15.7. The smallest absolute Gasteiger partial charge is 0.425 e. The molecular weight excluding hydrogens is 573 g/mol. The Balaban J connectivity index is 2.08. The van der Waals surface area contributed by atoms with Gasteiger partial charge in [0.2, 0.25) is 0 Å². The number of amides is 2. The van der Waals surface area contributed by atoms with Crippen molar-refractivity contribution in [1.82, 2.24) is 4.98 Å². The van der Waals surface area contributed by atoms with Gasteiger partial charge in [0, 0.05) is 11.6 Å². The van der Waals surface area contributed by atoms with Gasteiger partial charge in [-0.1, -0.05) is 6.07 Å². The monoisotopic (exact) mass is 613 g/mol. The molecule has 0 aliphatic carbocycles. The van der Waals surface area contributed by atoms with Gasteiger partial charge in [-0.3, -0.25) is 0 Å². The molecule has 238 valence electrons. The highest BCUT2D eigenvalue weighted by atomic mass is 19.1. The molecule has 3 aromatic rings. The van der Waals surface area contributed by atoms with Gasteiger partial charge in [-0.15, -0.1) is 0 Å². The Morgan fingerprint density at radius 1 is 0.955 bits per heavy atom. The summed E-state index contributed by atoms with van der Waals surface area (Å²) in [6, 6.07) is 7.30. The highest BCUT2D eigenvalue weighted by Crippen LogP contribution is 2.35. The van der Waals surface area contributed by atoms with Gasteiger partial charge in [-0.05, 0) is 104 Å². The lowest BCUT2D eigenvalue weighted by molar-refractivity contribution is -0.138. The Kier molecular flexibility index (Phi) is 10.3. The van der Waals surface area contributed by atoms with E-state index < -0.39 is 41.2 Å². The molecule has 11 nitrogen and oxygen atoms in total. The van der Waals surface area contributed by atoms with Crippen molar-refractivity contribution in [2.75, 3.05) is 16.8 Å². The van der Waals surface area contributed by atoms with E-state index in [4.69, 9.17) is 18.9 Å². The fourth-order valence-electron chi connectivity index (χ4n) is 4.10. The van der Waals surface area contributed by atoms with Crippen LogP contribution in [-0.2, 0) is 14.3 Å².